The molecule has 1 aromatic rings. The summed E-state index contributed by atoms with van der Waals surface area (Å²) in [7, 11) is -1.62. The Morgan fingerprint density at radius 3 is 2.12 bits per heavy atom. The van der Waals surface area contributed by atoms with E-state index in [-0.39, 0.29) is 37.0 Å². The quantitative estimate of drug-likeness (QED) is 0.510. The minimum Gasteiger partial charge on any atom is -1.00 e. The second kappa shape index (κ2) is 9.37. The van der Waals surface area contributed by atoms with Crippen molar-refractivity contribution < 1.29 is 54.6 Å². The summed E-state index contributed by atoms with van der Waals surface area (Å²) in [5, 5.41) is 14.7. The maximum atomic E-state index is 9.48. The smallest absolute Gasteiger partial charge is 1.00 e. The number of rotatable bonds is 4. The van der Waals surface area contributed by atoms with Crippen molar-refractivity contribution in [2.75, 3.05) is 6.61 Å². The Balaban J connectivity index is 0.00000288. The van der Waals surface area contributed by atoms with Crippen LogP contribution in [-0.2, 0) is 24.7 Å². The molecule has 2 N–H and O–H groups in total. The molecule has 2 nitrogen and oxygen atoms in total. The van der Waals surface area contributed by atoms with Gasteiger partial charge in [-0.1, -0.05) is 0 Å². The molecule has 0 radical (unpaired) electrons. The molecule has 1 aromatic carbocycles. The van der Waals surface area contributed by atoms with E-state index in [0.29, 0.717) is 0 Å². The monoisotopic (exact) mass is 474 g/mol. The van der Waals surface area contributed by atoms with Crippen LogP contribution in [0.4, 0.5) is 0 Å². The van der Waals surface area contributed by atoms with Gasteiger partial charge < -0.3 is 24.8 Å². The number of hydrogen-bond acceptors (Lipinski definition) is 2. The summed E-state index contributed by atoms with van der Waals surface area (Å²) >= 11 is 1.45. The van der Waals surface area contributed by atoms with E-state index < -0.39 is 8.07 Å². The van der Waals surface area contributed by atoms with Gasteiger partial charge in [-0.05, 0) is 0 Å². The Morgan fingerprint density at radius 1 is 1.12 bits per heavy atom. The second-order valence-electron chi connectivity index (χ2n) is 8.03. The van der Waals surface area contributed by atoms with E-state index in [1.54, 1.807) is 0 Å². The van der Waals surface area contributed by atoms with Gasteiger partial charge in [0.05, 0.1) is 0 Å². The normalized spacial score (nSPS) is 16.0. The molecule has 0 spiro atoms. The summed E-state index contributed by atoms with van der Waals surface area (Å²) in [4.78, 5) is 0. The first-order valence-electron chi connectivity index (χ1n) is 8.25. The van der Waals surface area contributed by atoms with Crippen molar-refractivity contribution >= 4 is 16.9 Å². The predicted octanol–water partition coefficient (Wildman–Crippen LogP) is -1.67. The number of aliphatic hydroxyl groups is 1. The van der Waals surface area contributed by atoms with E-state index in [1.807, 2.05) is 0 Å². The van der Waals surface area contributed by atoms with Crippen LogP contribution in [0.15, 0.2) is 35.2 Å². The third-order valence-corrected chi connectivity index (χ3v) is 9.62. The number of allylic oxidation sites excluding steroid dienone is 2. The minimum absolute atomic E-state index is 0. The Hall–Kier alpha value is 0.140. The van der Waals surface area contributed by atoms with Gasteiger partial charge >= 0.3 is 157 Å². The first-order valence-corrected chi connectivity index (χ1v) is 12.7. The van der Waals surface area contributed by atoms with Gasteiger partial charge in [0.1, 0.15) is 0 Å². The van der Waals surface area contributed by atoms with E-state index in [0.717, 1.165) is 6.04 Å². The number of hydrogen-bond donors (Lipinski definition) is 2. The maximum Gasteiger partial charge on any atom is -1.00 e. The summed E-state index contributed by atoms with van der Waals surface area (Å²) in [6.07, 6.45) is 0. The molecule has 1 aliphatic carbocycles. The van der Waals surface area contributed by atoms with Gasteiger partial charge in [-0.15, -0.1) is 0 Å². The number of aliphatic hydroxyl groups excluding tert-OH is 1. The predicted molar refractivity (Wildman–Crippen MR) is 98.2 cm³/mol. The molecule has 0 unspecified atom stereocenters. The van der Waals surface area contributed by atoms with Crippen molar-refractivity contribution in [3.05, 3.63) is 46.3 Å². The van der Waals surface area contributed by atoms with E-state index in [1.165, 1.54) is 55.6 Å². The molecule has 2 rings (SSSR count). The van der Waals surface area contributed by atoms with Crippen LogP contribution in [-0.4, -0.2) is 25.3 Å². The van der Waals surface area contributed by atoms with E-state index >= 15 is 0 Å². The zero-order chi connectivity index (χ0) is 17.4. The van der Waals surface area contributed by atoms with Gasteiger partial charge in [0.15, 0.2) is 0 Å². The van der Waals surface area contributed by atoms with Crippen LogP contribution in [0.25, 0.3) is 8.85 Å². The zero-order valence-electron chi connectivity index (χ0n) is 15.9. The minimum atomic E-state index is -1.62. The van der Waals surface area contributed by atoms with Crippen LogP contribution in [0.2, 0.25) is 19.1 Å². The first-order chi connectivity index (χ1) is 10.6. The van der Waals surface area contributed by atoms with Crippen molar-refractivity contribution in [3.63, 3.8) is 0 Å². The summed E-state index contributed by atoms with van der Waals surface area (Å²) in [6.45, 7) is 13.9. The number of nitrogens with one attached hydrogen (secondary N) is 1. The second-order valence-corrected chi connectivity index (χ2v) is 14.3. The van der Waals surface area contributed by atoms with Crippen LogP contribution >= 0.6 is 0 Å². The van der Waals surface area contributed by atoms with E-state index in [9.17, 15) is 5.11 Å². The van der Waals surface area contributed by atoms with Crippen molar-refractivity contribution in [3.8, 4) is 0 Å². The van der Waals surface area contributed by atoms with Crippen LogP contribution in [0.1, 0.15) is 38.8 Å². The molecular formula is C19H28Cl2NOSiZr. The van der Waals surface area contributed by atoms with Crippen LogP contribution in [0, 0.1) is 0 Å². The Bertz CT molecular complexity index is 678. The summed E-state index contributed by atoms with van der Waals surface area (Å²) in [5.41, 5.74) is 5.48. The fourth-order valence-electron chi connectivity index (χ4n) is 3.01. The van der Waals surface area contributed by atoms with Gasteiger partial charge in [0.2, 0.25) is 0 Å². The standard InChI is InChI=1S/C19H28NOSi.2ClH.Zr/c1-14(22(5,6)12-11-21)18-16-10-8-7-9-15(16)13-17(18)20-19(2,3)4;;;/h7-10,20-21H,11-12H2,1-6H3;2*1H;/q;;;+2/p-2. The van der Waals surface area contributed by atoms with Crippen LogP contribution < -0.4 is 30.1 Å². The summed E-state index contributed by atoms with van der Waals surface area (Å²) < 4.78 is 1.42. The SMILES string of the molecule is CC(=C1C(NC(C)(C)C)=[C]([Zr+2])c2ccccc21)[Si](C)(C)CCO.[Cl-].[Cl-]. The van der Waals surface area contributed by atoms with Gasteiger partial charge in [0, 0.05) is 0 Å². The Morgan fingerprint density at radius 2 is 1.64 bits per heavy atom. The number of benzene rings is 1. The van der Waals surface area contributed by atoms with E-state index in [4.69, 9.17) is 0 Å². The van der Waals surface area contributed by atoms with Crippen molar-refractivity contribution in [2.24, 2.45) is 0 Å². The number of halogens is 2. The van der Waals surface area contributed by atoms with Crippen molar-refractivity contribution in [2.45, 2.75) is 52.4 Å². The van der Waals surface area contributed by atoms with Crippen molar-refractivity contribution in [1.29, 1.82) is 0 Å². The summed E-state index contributed by atoms with van der Waals surface area (Å²) in [5.74, 6) is 0. The topological polar surface area (TPSA) is 32.3 Å². The molecule has 0 fully saturated rings. The summed E-state index contributed by atoms with van der Waals surface area (Å²) in [6, 6.07) is 9.67. The van der Waals surface area contributed by atoms with Gasteiger partial charge in [-0.3, -0.25) is 0 Å². The third-order valence-electron chi connectivity index (χ3n) is 4.59. The van der Waals surface area contributed by atoms with Gasteiger partial charge in [-0.25, -0.2) is 0 Å². The maximum absolute atomic E-state index is 9.48. The van der Waals surface area contributed by atoms with E-state index in [2.05, 4.69) is 70.4 Å². The molecule has 0 saturated carbocycles. The molecule has 0 amide bonds. The van der Waals surface area contributed by atoms with Gasteiger partial charge in [-0.2, -0.15) is 0 Å². The molecule has 0 atom stereocenters. The molecule has 0 aliphatic heterocycles. The molecule has 137 valence electrons. The van der Waals surface area contributed by atoms with Crippen LogP contribution in [0.3, 0.4) is 0 Å². The molecule has 1 aliphatic rings. The first kappa shape index (κ1) is 25.1. The van der Waals surface area contributed by atoms with Gasteiger partial charge in [0.25, 0.3) is 0 Å². The Labute approximate surface area is 181 Å². The average Bonchev–Trinajstić information content (AvgIpc) is 2.70. The molecule has 0 saturated heterocycles. The number of fused-ring (bicyclic) bond motifs is 1. The molecular weight excluding hydrogens is 448 g/mol. The fraction of sp³-hybridized carbons (Fsp3) is 0.474. The fourth-order valence-corrected chi connectivity index (χ4v) is 5.88. The van der Waals surface area contributed by atoms with Crippen molar-refractivity contribution in [1.82, 2.24) is 5.32 Å². The molecule has 0 aromatic heterocycles. The Kier molecular flexibility index (Phi) is 9.42. The molecule has 25 heavy (non-hydrogen) atoms. The molecule has 0 heterocycles. The average molecular weight is 477 g/mol. The molecule has 6 heteroatoms. The zero-order valence-corrected chi connectivity index (χ0v) is 20.9. The molecule has 0 bridgehead atoms. The third kappa shape index (κ3) is 5.56. The van der Waals surface area contributed by atoms with Crippen LogP contribution in [0.5, 0.6) is 0 Å². The largest absolute Gasteiger partial charge is 1.00 e.